The molecule has 9 heteroatoms. The summed E-state index contributed by atoms with van der Waals surface area (Å²) >= 11 is 0. The van der Waals surface area contributed by atoms with Gasteiger partial charge in [0.05, 0.1) is 4.92 Å². The number of benzene rings is 1. The van der Waals surface area contributed by atoms with Gasteiger partial charge >= 0.3 is 11.4 Å². The smallest absolute Gasteiger partial charge is 0.333 e. The van der Waals surface area contributed by atoms with Crippen molar-refractivity contribution in [2.24, 2.45) is 14.1 Å². The van der Waals surface area contributed by atoms with E-state index in [1.165, 1.54) is 26.2 Å². The van der Waals surface area contributed by atoms with Crippen molar-refractivity contribution >= 4 is 5.69 Å². The van der Waals surface area contributed by atoms with Crippen molar-refractivity contribution < 1.29 is 9.66 Å². The zero-order valence-corrected chi connectivity index (χ0v) is 12.6. The predicted octanol–water partition coefficient (Wildman–Crippen LogP) is 0.965. The average molecular weight is 316 g/mol. The maximum absolute atomic E-state index is 12.0. The van der Waals surface area contributed by atoms with E-state index in [-0.39, 0.29) is 17.3 Å². The lowest BCUT2D eigenvalue weighted by molar-refractivity contribution is -0.385. The van der Waals surface area contributed by atoms with Gasteiger partial charge in [-0.1, -0.05) is 6.07 Å². The number of aromatic nitrogens is 2. The fourth-order valence-electron chi connectivity index (χ4n) is 2.00. The van der Waals surface area contributed by atoms with Gasteiger partial charge in [0.2, 0.25) is 11.6 Å². The van der Waals surface area contributed by atoms with Crippen LogP contribution < -0.4 is 16.0 Å². The van der Waals surface area contributed by atoms with Gasteiger partial charge in [-0.25, -0.2) is 4.79 Å². The molecule has 0 bridgehead atoms. The molecule has 0 N–H and O–H groups in total. The SMILES string of the molecule is Cc1ccc(Oc2c(C#N)c(=O)n(C)c(=O)n2C)c([N+](=O)[O-])c1. The Labute approximate surface area is 129 Å². The predicted molar refractivity (Wildman–Crippen MR) is 79.5 cm³/mol. The Morgan fingerprint density at radius 1 is 1.26 bits per heavy atom. The maximum atomic E-state index is 12.0. The number of ether oxygens (including phenoxy) is 1. The molecule has 9 nitrogen and oxygen atoms in total. The van der Waals surface area contributed by atoms with Crippen LogP contribution >= 0.6 is 0 Å². The monoisotopic (exact) mass is 316 g/mol. The molecule has 0 unspecified atom stereocenters. The van der Waals surface area contributed by atoms with Gasteiger partial charge in [-0.05, 0) is 18.6 Å². The second-order valence-electron chi connectivity index (χ2n) is 4.83. The number of aryl methyl sites for hydroxylation is 1. The Kier molecular flexibility index (Phi) is 4.00. The van der Waals surface area contributed by atoms with Crippen LogP contribution in [0.15, 0.2) is 27.8 Å². The Morgan fingerprint density at radius 3 is 2.48 bits per heavy atom. The lowest BCUT2D eigenvalue weighted by Crippen LogP contribution is -2.38. The van der Waals surface area contributed by atoms with Crippen molar-refractivity contribution in [2.45, 2.75) is 6.92 Å². The number of rotatable bonds is 3. The number of nitrogens with zero attached hydrogens (tertiary/aromatic N) is 4. The first-order chi connectivity index (χ1) is 10.8. The molecule has 0 aliphatic rings. The molecule has 1 aromatic carbocycles. The first kappa shape index (κ1) is 16.0. The Morgan fingerprint density at radius 2 is 1.91 bits per heavy atom. The summed E-state index contributed by atoms with van der Waals surface area (Å²) in [4.78, 5) is 34.4. The minimum atomic E-state index is -0.833. The normalized spacial score (nSPS) is 10.2. The fraction of sp³-hybridized carbons (Fsp3) is 0.214. The van der Waals surface area contributed by atoms with Crippen LogP contribution in [0.3, 0.4) is 0 Å². The van der Waals surface area contributed by atoms with Gasteiger partial charge in [0.1, 0.15) is 6.07 Å². The van der Waals surface area contributed by atoms with Crippen LogP contribution in [0, 0.1) is 28.4 Å². The molecule has 0 aliphatic heterocycles. The minimum Gasteiger partial charge on any atom is -0.432 e. The second-order valence-corrected chi connectivity index (χ2v) is 4.83. The van der Waals surface area contributed by atoms with E-state index in [9.17, 15) is 19.7 Å². The number of hydrogen-bond acceptors (Lipinski definition) is 6. The summed E-state index contributed by atoms with van der Waals surface area (Å²) < 4.78 is 7.09. The molecule has 0 saturated heterocycles. The van der Waals surface area contributed by atoms with Gasteiger partial charge in [0.25, 0.3) is 5.56 Å². The zero-order chi connectivity index (χ0) is 17.3. The summed E-state index contributed by atoms with van der Waals surface area (Å²) in [5, 5.41) is 20.3. The summed E-state index contributed by atoms with van der Waals surface area (Å²) in [6, 6.07) is 5.88. The average Bonchev–Trinajstić information content (AvgIpc) is 2.52. The van der Waals surface area contributed by atoms with Crippen molar-refractivity contribution in [3.05, 3.63) is 60.3 Å². The third kappa shape index (κ3) is 2.69. The Hall–Kier alpha value is -3.41. The van der Waals surface area contributed by atoms with Gasteiger partial charge < -0.3 is 4.74 Å². The number of nitro groups is 1. The Balaban J connectivity index is 2.72. The molecule has 0 radical (unpaired) electrons. The lowest BCUT2D eigenvalue weighted by atomic mass is 10.2. The van der Waals surface area contributed by atoms with Crippen LogP contribution in [-0.2, 0) is 14.1 Å². The summed E-state index contributed by atoms with van der Waals surface area (Å²) in [6.07, 6.45) is 0. The summed E-state index contributed by atoms with van der Waals surface area (Å²) in [7, 11) is 2.53. The molecule has 1 heterocycles. The highest BCUT2D eigenvalue weighted by Crippen LogP contribution is 2.32. The van der Waals surface area contributed by atoms with E-state index in [0.717, 1.165) is 9.13 Å². The van der Waals surface area contributed by atoms with E-state index in [2.05, 4.69) is 0 Å². The molecule has 0 spiro atoms. The molecule has 0 aliphatic carbocycles. The van der Waals surface area contributed by atoms with Crippen molar-refractivity contribution in [1.82, 2.24) is 9.13 Å². The molecule has 0 fully saturated rings. The lowest BCUT2D eigenvalue weighted by Gasteiger charge is -2.12. The third-order valence-electron chi connectivity index (χ3n) is 3.24. The standard InChI is InChI=1S/C14H12N4O5/c1-8-4-5-11(10(6-8)18(21)22)23-13-9(7-15)12(19)16(2)14(20)17(13)3/h4-6H,1-3H3. The highest BCUT2D eigenvalue weighted by atomic mass is 16.6. The van der Waals surface area contributed by atoms with Crippen molar-refractivity contribution in [2.75, 3.05) is 0 Å². The van der Waals surface area contributed by atoms with E-state index in [0.29, 0.717) is 5.56 Å². The molecular formula is C14H12N4O5. The number of nitriles is 1. The zero-order valence-electron chi connectivity index (χ0n) is 12.6. The highest BCUT2D eigenvalue weighted by molar-refractivity contribution is 5.51. The van der Waals surface area contributed by atoms with E-state index < -0.39 is 21.7 Å². The van der Waals surface area contributed by atoms with E-state index in [1.807, 2.05) is 0 Å². The number of nitro benzene ring substituents is 1. The first-order valence-corrected chi connectivity index (χ1v) is 6.41. The molecule has 0 atom stereocenters. The number of hydrogen-bond donors (Lipinski definition) is 0. The van der Waals surface area contributed by atoms with Gasteiger partial charge in [-0.2, -0.15) is 5.26 Å². The van der Waals surface area contributed by atoms with Gasteiger partial charge in [0, 0.05) is 20.2 Å². The molecule has 1 aromatic heterocycles. The van der Waals surface area contributed by atoms with Crippen LogP contribution in [0.5, 0.6) is 11.6 Å². The van der Waals surface area contributed by atoms with E-state index >= 15 is 0 Å². The van der Waals surface area contributed by atoms with Gasteiger partial charge in [0.15, 0.2) is 5.56 Å². The first-order valence-electron chi connectivity index (χ1n) is 6.41. The topological polar surface area (TPSA) is 120 Å². The summed E-state index contributed by atoms with van der Waals surface area (Å²) in [6.45, 7) is 1.67. The largest absolute Gasteiger partial charge is 0.432 e. The molecule has 2 aromatic rings. The van der Waals surface area contributed by atoms with Gasteiger partial charge in [-0.15, -0.1) is 0 Å². The maximum Gasteiger partial charge on any atom is 0.333 e. The van der Waals surface area contributed by atoms with Crippen LogP contribution in [0.2, 0.25) is 0 Å². The minimum absolute atomic E-state index is 0.166. The van der Waals surface area contributed by atoms with Crippen molar-refractivity contribution in [3.8, 4) is 17.7 Å². The molecular weight excluding hydrogens is 304 g/mol. The van der Waals surface area contributed by atoms with Crippen LogP contribution in [-0.4, -0.2) is 14.1 Å². The van der Waals surface area contributed by atoms with Crippen LogP contribution in [0.1, 0.15) is 11.1 Å². The summed E-state index contributed by atoms with van der Waals surface area (Å²) in [5.41, 5.74) is -1.65. The third-order valence-corrected chi connectivity index (χ3v) is 3.24. The van der Waals surface area contributed by atoms with Gasteiger partial charge in [-0.3, -0.25) is 24.0 Å². The van der Waals surface area contributed by atoms with Crippen molar-refractivity contribution in [1.29, 1.82) is 5.26 Å². The molecule has 23 heavy (non-hydrogen) atoms. The van der Waals surface area contributed by atoms with Crippen LogP contribution in [0.4, 0.5) is 5.69 Å². The molecule has 0 amide bonds. The second kappa shape index (κ2) is 5.76. The molecule has 118 valence electrons. The Bertz CT molecular complexity index is 965. The molecule has 2 rings (SSSR count). The molecule has 0 saturated carbocycles. The van der Waals surface area contributed by atoms with E-state index in [4.69, 9.17) is 10.00 Å². The fourth-order valence-corrected chi connectivity index (χ4v) is 2.00. The summed E-state index contributed by atoms with van der Waals surface area (Å²) in [5.74, 6) is -0.507. The highest BCUT2D eigenvalue weighted by Gasteiger charge is 2.22. The van der Waals surface area contributed by atoms with Crippen LogP contribution in [0.25, 0.3) is 0 Å². The van der Waals surface area contributed by atoms with Crippen molar-refractivity contribution in [3.63, 3.8) is 0 Å². The van der Waals surface area contributed by atoms with E-state index in [1.54, 1.807) is 19.1 Å². The quantitative estimate of drug-likeness (QED) is 0.614.